The van der Waals surface area contributed by atoms with Crippen LogP contribution in [-0.2, 0) is 11.3 Å². The van der Waals surface area contributed by atoms with Gasteiger partial charge in [0.2, 0.25) is 0 Å². The van der Waals surface area contributed by atoms with Gasteiger partial charge in [-0.1, -0.05) is 11.8 Å². The molecule has 1 saturated heterocycles. The smallest absolute Gasteiger partial charge is 0.279 e. The number of hydrogen-bond acceptors (Lipinski definition) is 7. The summed E-state index contributed by atoms with van der Waals surface area (Å²) in [5, 5.41) is 13.0. The monoisotopic (exact) mass is 334 g/mol. The lowest BCUT2D eigenvalue weighted by atomic mass is 10.4. The molecule has 1 aliphatic rings. The first kappa shape index (κ1) is 15.8. The molecule has 0 aliphatic carbocycles. The molecule has 0 atom stereocenters. The van der Waals surface area contributed by atoms with Crippen molar-refractivity contribution in [2.24, 2.45) is 0 Å². The average molecular weight is 334 g/mol. The zero-order valence-electron chi connectivity index (χ0n) is 12.6. The van der Waals surface area contributed by atoms with Gasteiger partial charge in [0.1, 0.15) is 0 Å². The molecular formula is C14H18N6O2S. The molecule has 0 unspecified atom stereocenters. The van der Waals surface area contributed by atoms with Gasteiger partial charge in [-0.2, -0.15) is 0 Å². The average Bonchev–Trinajstić information content (AvgIpc) is 3.23. The number of amides is 1. The van der Waals surface area contributed by atoms with Crippen molar-refractivity contribution < 1.29 is 9.53 Å². The Hall–Kier alpha value is -2.10. The normalized spacial score (nSPS) is 15.5. The number of ether oxygens (including phenoxy) is 1. The summed E-state index contributed by atoms with van der Waals surface area (Å²) >= 11 is 1.35. The van der Waals surface area contributed by atoms with Gasteiger partial charge >= 0.3 is 0 Å². The highest BCUT2D eigenvalue weighted by atomic mass is 32.1. The van der Waals surface area contributed by atoms with E-state index in [-0.39, 0.29) is 11.6 Å². The predicted octanol–water partition coefficient (Wildman–Crippen LogP) is 0.962. The molecule has 0 aromatic carbocycles. The summed E-state index contributed by atoms with van der Waals surface area (Å²) in [5.41, 5.74) is 1.02. The third kappa shape index (κ3) is 4.21. The summed E-state index contributed by atoms with van der Waals surface area (Å²) in [6.45, 7) is 8.59. The molecule has 1 fully saturated rings. The van der Waals surface area contributed by atoms with E-state index in [0.29, 0.717) is 11.7 Å². The Balaban J connectivity index is 1.53. The molecule has 3 rings (SSSR count). The van der Waals surface area contributed by atoms with Crippen LogP contribution in [0.1, 0.15) is 16.2 Å². The van der Waals surface area contributed by atoms with Crippen LogP contribution in [0.3, 0.4) is 0 Å². The van der Waals surface area contributed by atoms with Crippen LogP contribution in [0.5, 0.6) is 0 Å². The maximum Gasteiger partial charge on any atom is 0.279 e. The van der Waals surface area contributed by atoms with Gasteiger partial charge in [-0.3, -0.25) is 19.7 Å². The van der Waals surface area contributed by atoms with Crippen LogP contribution < -0.4 is 5.32 Å². The molecule has 8 nitrogen and oxygen atoms in total. The second kappa shape index (κ2) is 7.44. The molecule has 1 aliphatic heterocycles. The summed E-state index contributed by atoms with van der Waals surface area (Å²) in [6, 6.07) is 0. The van der Waals surface area contributed by atoms with E-state index in [1.807, 2.05) is 5.38 Å². The van der Waals surface area contributed by atoms with Gasteiger partial charge in [-0.05, 0) is 6.08 Å². The first-order valence-corrected chi connectivity index (χ1v) is 8.22. The van der Waals surface area contributed by atoms with Crippen LogP contribution in [0.2, 0.25) is 0 Å². The third-order valence-electron chi connectivity index (χ3n) is 3.47. The van der Waals surface area contributed by atoms with Crippen molar-refractivity contribution >= 4 is 28.5 Å². The highest BCUT2D eigenvalue weighted by molar-refractivity contribution is 7.14. The Kier molecular flexibility index (Phi) is 5.11. The van der Waals surface area contributed by atoms with Crippen molar-refractivity contribution in [1.82, 2.24) is 24.9 Å². The SMILES string of the molecule is C=Cc1csc(NC(=O)c2cn(CCN3CCOCC3)nn2)n1. The maximum atomic E-state index is 12.1. The largest absolute Gasteiger partial charge is 0.379 e. The molecular weight excluding hydrogens is 316 g/mol. The van der Waals surface area contributed by atoms with E-state index in [4.69, 9.17) is 4.74 Å². The quantitative estimate of drug-likeness (QED) is 0.847. The van der Waals surface area contributed by atoms with E-state index in [1.54, 1.807) is 17.0 Å². The number of rotatable bonds is 6. The van der Waals surface area contributed by atoms with E-state index >= 15 is 0 Å². The molecule has 3 heterocycles. The Morgan fingerprint density at radius 3 is 3.00 bits per heavy atom. The summed E-state index contributed by atoms with van der Waals surface area (Å²) in [7, 11) is 0. The Labute approximate surface area is 137 Å². The van der Waals surface area contributed by atoms with Crippen LogP contribution in [-0.4, -0.2) is 63.6 Å². The lowest BCUT2D eigenvalue weighted by molar-refractivity contribution is 0.0359. The van der Waals surface area contributed by atoms with E-state index in [1.165, 1.54) is 11.3 Å². The second-order valence-electron chi connectivity index (χ2n) is 5.06. The molecule has 2 aromatic heterocycles. The van der Waals surface area contributed by atoms with Crippen LogP contribution in [0.25, 0.3) is 6.08 Å². The number of nitrogens with one attached hydrogen (secondary N) is 1. The lowest BCUT2D eigenvalue weighted by Crippen LogP contribution is -2.38. The topological polar surface area (TPSA) is 85.2 Å². The van der Waals surface area contributed by atoms with Crippen molar-refractivity contribution in [1.29, 1.82) is 0 Å². The van der Waals surface area contributed by atoms with Gasteiger partial charge in [0.05, 0.1) is 31.6 Å². The van der Waals surface area contributed by atoms with Gasteiger partial charge in [-0.15, -0.1) is 16.4 Å². The highest BCUT2D eigenvalue weighted by Gasteiger charge is 2.14. The molecule has 0 radical (unpaired) electrons. The fourth-order valence-electron chi connectivity index (χ4n) is 2.18. The molecule has 0 spiro atoms. The number of thiazole rings is 1. The molecule has 23 heavy (non-hydrogen) atoms. The Bertz CT molecular complexity index is 676. The molecule has 1 N–H and O–H groups in total. The van der Waals surface area contributed by atoms with Crippen molar-refractivity contribution in [2.45, 2.75) is 6.54 Å². The van der Waals surface area contributed by atoms with E-state index in [0.717, 1.165) is 38.5 Å². The molecule has 0 bridgehead atoms. The van der Waals surface area contributed by atoms with Crippen molar-refractivity contribution in [3.8, 4) is 0 Å². The van der Waals surface area contributed by atoms with Crippen molar-refractivity contribution in [3.05, 3.63) is 29.5 Å². The zero-order valence-corrected chi connectivity index (χ0v) is 13.5. The summed E-state index contributed by atoms with van der Waals surface area (Å²) in [5.74, 6) is -0.312. The zero-order chi connectivity index (χ0) is 16.1. The standard InChI is InChI=1S/C14H18N6O2S/c1-2-11-10-23-14(15-11)16-13(21)12-9-20(18-17-12)4-3-19-5-7-22-8-6-19/h2,9-10H,1,3-8H2,(H,15,16,21). The molecule has 2 aromatic rings. The second-order valence-corrected chi connectivity index (χ2v) is 5.91. The summed E-state index contributed by atoms with van der Waals surface area (Å²) in [4.78, 5) is 18.6. The summed E-state index contributed by atoms with van der Waals surface area (Å²) < 4.78 is 7.00. The van der Waals surface area contributed by atoms with Gasteiger partial charge in [0, 0.05) is 25.0 Å². The van der Waals surface area contributed by atoms with Gasteiger partial charge in [-0.25, -0.2) is 4.98 Å². The first-order chi connectivity index (χ1) is 11.2. The predicted molar refractivity (Wildman–Crippen MR) is 87.4 cm³/mol. The number of hydrogen-bond donors (Lipinski definition) is 1. The molecule has 122 valence electrons. The fourth-order valence-corrected chi connectivity index (χ4v) is 2.87. The minimum absolute atomic E-state index is 0.280. The van der Waals surface area contributed by atoms with Crippen LogP contribution >= 0.6 is 11.3 Å². The fraction of sp³-hybridized carbons (Fsp3) is 0.429. The van der Waals surface area contributed by atoms with E-state index in [9.17, 15) is 4.79 Å². The maximum absolute atomic E-state index is 12.1. The number of morpholine rings is 1. The Morgan fingerprint density at radius 1 is 1.43 bits per heavy atom. The number of carbonyl (C=O) groups is 1. The van der Waals surface area contributed by atoms with Crippen LogP contribution in [0.4, 0.5) is 5.13 Å². The van der Waals surface area contributed by atoms with Crippen LogP contribution in [0.15, 0.2) is 18.2 Å². The van der Waals surface area contributed by atoms with Crippen molar-refractivity contribution in [2.75, 3.05) is 38.2 Å². The van der Waals surface area contributed by atoms with Crippen LogP contribution in [0, 0.1) is 0 Å². The minimum Gasteiger partial charge on any atom is -0.379 e. The van der Waals surface area contributed by atoms with E-state index in [2.05, 4.69) is 32.1 Å². The molecule has 9 heteroatoms. The number of anilines is 1. The minimum atomic E-state index is -0.312. The molecule has 1 amide bonds. The van der Waals surface area contributed by atoms with E-state index < -0.39 is 0 Å². The first-order valence-electron chi connectivity index (χ1n) is 7.34. The highest BCUT2D eigenvalue weighted by Crippen LogP contribution is 2.16. The van der Waals surface area contributed by atoms with Gasteiger partial charge in [0.15, 0.2) is 10.8 Å². The third-order valence-corrected chi connectivity index (χ3v) is 4.25. The summed E-state index contributed by atoms with van der Waals surface area (Å²) in [6.07, 6.45) is 3.28. The number of carbonyl (C=O) groups excluding carboxylic acids is 1. The van der Waals surface area contributed by atoms with Gasteiger partial charge in [0.25, 0.3) is 5.91 Å². The number of aromatic nitrogens is 4. The molecule has 0 saturated carbocycles. The number of nitrogens with zero attached hydrogens (tertiary/aromatic N) is 5. The Morgan fingerprint density at radius 2 is 2.26 bits per heavy atom. The van der Waals surface area contributed by atoms with Crippen molar-refractivity contribution in [3.63, 3.8) is 0 Å². The van der Waals surface area contributed by atoms with Gasteiger partial charge < -0.3 is 4.74 Å². The lowest BCUT2D eigenvalue weighted by Gasteiger charge is -2.26.